The fraction of sp³-hybridized carbons (Fsp3) is 0.429. The fourth-order valence-electron chi connectivity index (χ4n) is 1.51. The van der Waals surface area contributed by atoms with Crippen molar-refractivity contribution in [2.75, 3.05) is 17.2 Å². The van der Waals surface area contributed by atoms with Crippen molar-refractivity contribution < 1.29 is 9.59 Å². The second kappa shape index (κ2) is 6.89. The van der Waals surface area contributed by atoms with E-state index in [9.17, 15) is 9.59 Å². The molecule has 1 unspecified atom stereocenters. The van der Waals surface area contributed by atoms with Crippen LogP contribution in [0.25, 0.3) is 0 Å². The highest BCUT2D eigenvalue weighted by Crippen LogP contribution is 2.23. The van der Waals surface area contributed by atoms with Crippen LogP contribution in [-0.4, -0.2) is 18.4 Å². The van der Waals surface area contributed by atoms with E-state index in [-0.39, 0.29) is 17.7 Å². The highest BCUT2D eigenvalue weighted by Gasteiger charge is 2.13. The van der Waals surface area contributed by atoms with Gasteiger partial charge in [0.15, 0.2) is 0 Å². The van der Waals surface area contributed by atoms with E-state index in [1.807, 2.05) is 13.0 Å². The summed E-state index contributed by atoms with van der Waals surface area (Å²) in [5.41, 5.74) is 7.70. The number of carbonyl (C=O) groups excluding carboxylic acids is 2. The Morgan fingerprint density at radius 1 is 1.26 bits per heavy atom. The molecular weight excluding hydrogens is 242 g/mol. The average molecular weight is 263 g/mol. The second-order valence-electron chi connectivity index (χ2n) is 4.51. The molecule has 5 heteroatoms. The zero-order valence-electron chi connectivity index (χ0n) is 11.6. The maximum atomic E-state index is 11.8. The number of rotatable bonds is 5. The van der Waals surface area contributed by atoms with Crippen molar-refractivity contribution in [3.8, 4) is 0 Å². The largest absolute Gasteiger partial charge is 0.330 e. The van der Waals surface area contributed by atoms with Gasteiger partial charge in [-0.05, 0) is 24.6 Å². The molecule has 0 heterocycles. The van der Waals surface area contributed by atoms with E-state index in [4.69, 9.17) is 5.73 Å². The van der Waals surface area contributed by atoms with Crippen LogP contribution in [0, 0.1) is 12.8 Å². The van der Waals surface area contributed by atoms with Crippen LogP contribution in [-0.2, 0) is 9.59 Å². The van der Waals surface area contributed by atoms with Gasteiger partial charge < -0.3 is 16.4 Å². The van der Waals surface area contributed by atoms with Gasteiger partial charge in [0.25, 0.3) is 0 Å². The van der Waals surface area contributed by atoms with Gasteiger partial charge in [-0.15, -0.1) is 0 Å². The Balaban J connectivity index is 2.88. The maximum Gasteiger partial charge on any atom is 0.228 e. The van der Waals surface area contributed by atoms with Gasteiger partial charge in [0.2, 0.25) is 11.8 Å². The number of benzene rings is 1. The molecule has 1 aromatic carbocycles. The van der Waals surface area contributed by atoms with Gasteiger partial charge in [-0.3, -0.25) is 9.59 Å². The molecule has 0 aliphatic heterocycles. The van der Waals surface area contributed by atoms with Gasteiger partial charge >= 0.3 is 0 Å². The molecule has 0 radical (unpaired) electrons. The molecular formula is C14H21N3O2. The van der Waals surface area contributed by atoms with Crippen LogP contribution in [0.5, 0.6) is 0 Å². The van der Waals surface area contributed by atoms with E-state index in [0.717, 1.165) is 5.56 Å². The van der Waals surface area contributed by atoms with Crippen molar-refractivity contribution in [3.05, 3.63) is 23.8 Å². The number of carbonyl (C=O) groups is 2. The van der Waals surface area contributed by atoms with Crippen molar-refractivity contribution in [2.45, 2.75) is 27.2 Å². The van der Waals surface area contributed by atoms with Crippen LogP contribution >= 0.6 is 0 Å². The number of hydrogen-bond donors (Lipinski definition) is 3. The van der Waals surface area contributed by atoms with Crippen molar-refractivity contribution >= 4 is 23.2 Å². The van der Waals surface area contributed by atoms with Gasteiger partial charge in [0.05, 0.1) is 0 Å². The smallest absolute Gasteiger partial charge is 0.228 e. The third-order valence-electron chi connectivity index (χ3n) is 2.99. The molecule has 4 N–H and O–H groups in total. The Hall–Kier alpha value is -1.88. The van der Waals surface area contributed by atoms with Crippen molar-refractivity contribution in [2.24, 2.45) is 11.7 Å². The summed E-state index contributed by atoms with van der Waals surface area (Å²) >= 11 is 0. The van der Waals surface area contributed by atoms with Gasteiger partial charge in [-0.2, -0.15) is 0 Å². The van der Waals surface area contributed by atoms with Gasteiger partial charge in [-0.1, -0.05) is 19.9 Å². The average Bonchev–Trinajstić information content (AvgIpc) is 2.41. The third kappa shape index (κ3) is 4.06. The van der Waals surface area contributed by atoms with Gasteiger partial charge in [0, 0.05) is 30.3 Å². The SMILES string of the molecule is CCC(=O)Nc1cccc(NC(=O)C(C)CN)c1C. The molecule has 5 nitrogen and oxygen atoms in total. The minimum atomic E-state index is -0.242. The lowest BCUT2D eigenvalue weighted by atomic mass is 10.1. The lowest BCUT2D eigenvalue weighted by Crippen LogP contribution is -2.27. The monoisotopic (exact) mass is 263 g/mol. The molecule has 0 spiro atoms. The number of nitrogens with two attached hydrogens (primary N) is 1. The van der Waals surface area contributed by atoms with Gasteiger partial charge in [0.1, 0.15) is 0 Å². The van der Waals surface area contributed by atoms with Crippen LogP contribution < -0.4 is 16.4 Å². The minimum absolute atomic E-state index is 0.0538. The first kappa shape index (κ1) is 15.2. The Morgan fingerprint density at radius 3 is 2.37 bits per heavy atom. The molecule has 0 aromatic heterocycles. The molecule has 0 aliphatic rings. The fourth-order valence-corrected chi connectivity index (χ4v) is 1.51. The van der Waals surface area contributed by atoms with E-state index in [2.05, 4.69) is 10.6 Å². The zero-order valence-corrected chi connectivity index (χ0v) is 11.6. The van der Waals surface area contributed by atoms with Crippen LogP contribution in [0.1, 0.15) is 25.8 Å². The highest BCUT2D eigenvalue weighted by atomic mass is 16.2. The molecule has 19 heavy (non-hydrogen) atoms. The molecule has 0 aliphatic carbocycles. The first-order valence-electron chi connectivity index (χ1n) is 6.40. The molecule has 0 fully saturated rings. The number of amides is 2. The molecule has 0 bridgehead atoms. The molecule has 1 rings (SSSR count). The molecule has 1 atom stereocenters. The normalized spacial score (nSPS) is 11.8. The summed E-state index contributed by atoms with van der Waals surface area (Å²) in [7, 11) is 0. The highest BCUT2D eigenvalue weighted by molar-refractivity contribution is 5.96. The predicted octanol–water partition coefficient (Wildman–Crippen LogP) is 1.88. The number of hydrogen-bond acceptors (Lipinski definition) is 3. The summed E-state index contributed by atoms with van der Waals surface area (Å²) in [6.45, 7) is 5.72. The zero-order chi connectivity index (χ0) is 14.4. The van der Waals surface area contributed by atoms with Crippen LogP contribution in [0.2, 0.25) is 0 Å². The van der Waals surface area contributed by atoms with Crippen molar-refractivity contribution in [3.63, 3.8) is 0 Å². The number of anilines is 2. The minimum Gasteiger partial charge on any atom is -0.330 e. The summed E-state index contributed by atoms with van der Waals surface area (Å²) in [6, 6.07) is 5.41. The standard InChI is InChI=1S/C14H21N3O2/c1-4-13(18)16-11-6-5-7-12(10(11)3)17-14(19)9(2)8-15/h5-7,9H,4,8,15H2,1-3H3,(H,16,18)(H,17,19). The lowest BCUT2D eigenvalue weighted by Gasteiger charge is -2.15. The summed E-state index contributed by atoms with van der Waals surface area (Å²) in [6.07, 6.45) is 0.417. The van der Waals surface area contributed by atoms with Crippen molar-refractivity contribution in [1.29, 1.82) is 0 Å². The van der Waals surface area contributed by atoms with E-state index < -0.39 is 0 Å². The van der Waals surface area contributed by atoms with E-state index in [0.29, 0.717) is 24.3 Å². The van der Waals surface area contributed by atoms with Crippen LogP contribution in [0.3, 0.4) is 0 Å². The maximum absolute atomic E-state index is 11.8. The first-order valence-corrected chi connectivity index (χ1v) is 6.40. The van der Waals surface area contributed by atoms with Crippen LogP contribution in [0.4, 0.5) is 11.4 Å². The van der Waals surface area contributed by atoms with E-state index in [1.165, 1.54) is 0 Å². The van der Waals surface area contributed by atoms with Crippen molar-refractivity contribution in [1.82, 2.24) is 0 Å². The summed E-state index contributed by atoms with van der Waals surface area (Å²) in [4.78, 5) is 23.2. The molecule has 1 aromatic rings. The quantitative estimate of drug-likeness (QED) is 0.758. The second-order valence-corrected chi connectivity index (χ2v) is 4.51. The summed E-state index contributed by atoms with van der Waals surface area (Å²) in [5, 5.41) is 5.62. The lowest BCUT2D eigenvalue weighted by molar-refractivity contribution is -0.119. The Morgan fingerprint density at radius 2 is 1.84 bits per heavy atom. The van der Waals surface area contributed by atoms with Gasteiger partial charge in [-0.25, -0.2) is 0 Å². The van der Waals surface area contributed by atoms with E-state index >= 15 is 0 Å². The Kier molecular flexibility index (Phi) is 5.51. The first-order chi connectivity index (χ1) is 8.99. The number of nitrogens with one attached hydrogen (secondary N) is 2. The Labute approximate surface area is 113 Å². The summed E-state index contributed by atoms with van der Waals surface area (Å²) < 4.78 is 0. The Bertz CT molecular complexity index is 472. The molecule has 0 saturated heterocycles. The molecule has 2 amide bonds. The summed E-state index contributed by atoms with van der Waals surface area (Å²) in [5.74, 6) is -0.417. The van der Waals surface area contributed by atoms with Crippen LogP contribution in [0.15, 0.2) is 18.2 Å². The predicted molar refractivity (Wildman–Crippen MR) is 76.9 cm³/mol. The molecule has 104 valence electrons. The molecule has 0 saturated carbocycles. The third-order valence-corrected chi connectivity index (χ3v) is 2.99. The van der Waals surface area contributed by atoms with E-state index in [1.54, 1.807) is 26.0 Å². The topological polar surface area (TPSA) is 84.2 Å².